The van der Waals surface area contributed by atoms with Crippen LogP contribution in [0.25, 0.3) is 0 Å². The van der Waals surface area contributed by atoms with Gasteiger partial charge in [0.05, 0.1) is 16.3 Å². The van der Waals surface area contributed by atoms with Crippen molar-refractivity contribution in [3.8, 4) is 0 Å². The summed E-state index contributed by atoms with van der Waals surface area (Å²) in [5.41, 5.74) is 14.0. The Balaban J connectivity index is 2.47. The third kappa shape index (κ3) is 3.05. The minimum atomic E-state index is -0.587. The van der Waals surface area contributed by atoms with E-state index in [0.717, 1.165) is 15.7 Å². The van der Waals surface area contributed by atoms with Crippen molar-refractivity contribution in [2.75, 3.05) is 11.1 Å². The van der Waals surface area contributed by atoms with Crippen LogP contribution in [0, 0.1) is 6.92 Å². The zero-order chi connectivity index (χ0) is 14.9. The molecule has 0 aliphatic carbocycles. The molecular weight excluding hydrogens is 342 g/mol. The molecule has 20 heavy (non-hydrogen) atoms. The fourth-order valence-electron chi connectivity index (χ4n) is 1.82. The van der Waals surface area contributed by atoms with Crippen molar-refractivity contribution in [2.24, 2.45) is 5.73 Å². The van der Waals surface area contributed by atoms with Crippen LogP contribution < -0.4 is 16.8 Å². The number of nitrogens with two attached hydrogens (primary N) is 2. The average molecular weight is 355 g/mol. The summed E-state index contributed by atoms with van der Waals surface area (Å²) in [5, 5.41) is 3.45. The van der Waals surface area contributed by atoms with Gasteiger partial charge in [0.25, 0.3) is 5.91 Å². The maximum absolute atomic E-state index is 11.5. The molecule has 0 atom stereocenters. The van der Waals surface area contributed by atoms with Crippen LogP contribution in [0.4, 0.5) is 17.1 Å². The van der Waals surface area contributed by atoms with Crippen LogP contribution in [-0.2, 0) is 0 Å². The topological polar surface area (TPSA) is 81.1 Å². The van der Waals surface area contributed by atoms with Gasteiger partial charge in [0.1, 0.15) is 0 Å². The molecule has 0 spiro atoms. The molecule has 2 aromatic rings. The Kier molecular flexibility index (Phi) is 4.20. The number of benzene rings is 2. The molecule has 6 heteroatoms. The van der Waals surface area contributed by atoms with Gasteiger partial charge < -0.3 is 16.8 Å². The van der Waals surface area contributed by atoms with E-state index in [0.29, 0.717) is 16.4 Å². The number of primary amides is 1. The van der Waals surface area contributed by atoms with E-state index < -0.39 is 5.91 Å². The minimum Gasteiger partial charge on any atom is -0.399 e. The number of anilines is 3. The Bertz CT molecular complexity index is 688. The number of nitrogens with one attached hydrogen (secondary N) is 1. The van der Waals surface area contributed by atoms with Gasteiger partial charge in [-0.2, -0.15) is 0 Å². The van der Waals surface area contributed by atoms with E-state index in [2.05, 4.69) is 21.2 Å². The van der Waals surface area contributed by atoms with E-state index in [9.17, 15) is 4.79 Å². The standard InChI is InChI=1S/C14H13BrClN3O/c1-7-4-9(2-3-11(7)15)19-13-10(14(18)20)5-8(17)6-12(13)16/h2-6,19H,17H2,1H3,(H2,18,20). The molecule has 2 aromatic carbocycles. The van der Waals surface area contributed by atoms with Gasteiger partial charge in [-0.3, -0.25) is 4.79 Å². The van der Waals surface area contributed by atoms with Gasteiger partial charge in [-0.25, -0.2) is 0 Å². The number of hydrogen-bond donors (Lipinski definition) is 3. The molecule has 5 N–H and O–H groups in total. The van der Waals surface area contributed by atoms with Crippen LogP contribution in [0.1, 0.15) is 15.9 Å². The Morgan fingerprint density at radius 3 is 2.60 bits per heavy atom. The summed E-state index contributed by atoms with van der Waals surface area (Å²) in [4.78, 5) is 11.5. The lowest BCUT2D eigenvalue weighted by atomic mass is 10.1. The fraction of sp³-hybridized carbons (Fsp3) is 0.0714. The summed E-state index contributed by atoms with van der Waals surface area (Å²) in [6, 6.07) is 8.78. The summed E-state index contributed by atoms with van der Waals surface area (Å²) >= 11 is 9.57. The molecule has 0 fully saturated rings. The number of carbonyl (C=O) groups excluding carboxylic acids is 1. The molecule has 0 aliphatic heterocycles. The SMILES string of the molecule is Cc1cc(Nc2c(Cl)cc(N)cc2C(N)=O)ccc1Br. The lowest BCUT2D eigenvalue weighted by molar-refractivity contribution is 0.100. The van der Waals surface area contributed by atoms with E-state index in [4.69, 9.17) is 23.1 Å². The first-order chi connectivity index (χ1) is 9.38. The summed E-state index contributed by atoms with van der Waals surface area (Å²) in [6.07, 6.45) is 0. The zero-order valence-corrected chi connectivity index (χ0v) is 13.0. The van der Waals surface area contributed by atoms with Crippen molar-refractivity contribution < 1.29 is 4.79 Å². The average Bonchev–Trinajstić information content (AvgIpc) is 2.36. The van der Waals surface area contributed by atoms with E-state index in [1.807, 2.05) is 25.1 Å². The maximum Gasteiger partial charge on any atom is 0.250 e. The third-order valence-electron chi connectivity index (χ3n) is 2.81. The predicted molar refractivity (Wildman–Crippen MR) is 86.5 cm³/mol. The predicted octanol–water partition coefficient (Wildman–Crippen LogP) is 3.84. The zero-order valence-electron chi connectivity index (χ0n) is 10.7. The van der Waals surface area contributed by atoms with Gasteiger partial charge in [0.15, 0.2) is 0 Å². The van der Waals surface area contributed by atoms with E-state index >= 15 is 0 Å². The lowest BCUT2D eigenvalue weighted by Crippen LogP contribution is -2.14. The van der Waals surface area contributed by atoms with E-state index in [-0.39, 0.29) is 5.56 Å². The molecule has 0 heterocycles. The second-order valence-electron chi connectivity index (χ2n) is 4.38. The molecule has 0 radical (unpaired) electrons. The number of amides is 1. The Hall–Kier alpha value is -1.72. The number of nitrogen functional groups attached to an aromatic ring is 1. The van der Waals surface area contributed by atoms with Crippen LogP contribution in [0.15, 0.2) is 34.8 Å². The molecule has 0 unspecified atom stereocenters. The van der Waals surface area contributed by atoms with Crippen molar-refractivity contribution in [3.05, 3.63) is 51.0 Å². The number of rotatable bonds is 3. The highest BCUT2D eigenvalue weighted by molar-refractivity contribution is 9.10. The van der Waals surface area contributed by atoms with Crippen molar-refractivity contribution >= 4 is 50.5 Å². The highest BCUT2D eigenvalue weighted by Crippen LogP contribution is 2.32. The smallest absolute Gasteiger partial charge is 0.250 e. The molecule has 0 bridgehead atoms. The molecule has 0 saturated heterocycles. The van der Waals surface area contributed by atoms with Crippen LogP contribution in [-0.4, -0.2) is 5.91 Å². The van der Waals surface area contributed by atoms with Crippen molar-refractivity contribution in [2.45, 2.75) is 6.92 Å². The highest BCUT2D eigenvalue weighted by atomic mass is 79.9. The van der Waals surface area contributed by atoms with Crippen LogP contribution in [0.2, 0.25) is 5.02 Å². The summed E-state index contributed by atoms with van der Waals surface area (Å²) in [6.45, 7) is 1.97. The first kappa shape index (κ1) is 14.7. The summed E-state index contributed by atoms with van der Waals surface area (Å²) < 4.78 is 1.00. The molecule has 2 rings (SSSR count). The molecule has 104 valence electrons. The molecule has 0 saturated carbocycles. The summed E-state index contributed by atoms with van der Waals surface area (Å²) in [5.74, 6) is -0.587. The molecule has 4 nitrogen and oxygen atoms in total. The second kappa shape index (κ2) is 5.73. The minimum absolute atomic E-state index is 0.260. The van der Waals surface area contributed by atoms with E-state index in [1.165, 1.54) is 6.07 Å². The number of aryl methyl sites for hydroxylation is 1. The quantitative estimate of drug-likeness (QED) is 0.733. The Morgan fingerprint density at radius 2 is 2.00 bits per heavy atom. The number of halogens is 2. The normalized spacial score (nSPS) is 10.3. The summed E-state index contributed by atoms with van der Waals surface area (Å²) in [7, 11) is 0. The van der Waals surface area contributed by atoms with Crippen LogP contribution >= 0.6 is 27.5 Å². The Labute approximate surface area is 130 Å². The lowest BCUT2D eigenvalue weighted by Gasteiger charge is -2.14. The fourth-order valence-corrected chi connectivity index (χ4v) is 2.34. The van der Waals surface area contributed by atoms with Gasteiger partial charge >= 0.3 is 0 Å². The van der Waals surface area contributed by atoms with Crippen molar-refractivity contribution in [3.63, 3.8) is 0 Å². The number of hydrogen-bond acceptors (Lipinski definition) is 3. The Morgan fingerprint density at radius 1 is 1.30 bits per heavy atom. The third-order valence-corrected chi connectivity index (χ3v) is 3.99. The molecular formula is C14H13BrClN3O. The highest BCUT2D eigenvalue weighted by Gasteiger charge is 2.13. The van der Waals surface area contributed by atoms with E-state index in [1.54, 1.807) is 6.07 Å². The van der Waals surface area contributed by atoms with Crippen molar-refractivity contribution in [1.29, 1.82) is 0 Å². The first-order valence-electron chi connectivity index (χ1n) is 5.80. The van der Waals surface area contributed by atoms with Gasteiger partial charge in [-0.05, 0) is 42.8 Å². The molecule has 0 aliphatic rings. The van der Waals surface area contributed by atoms with Gasteiger partial charge in [0, 0.05) is 15.8 Å². The van der Waals surface area contributed by atoms with Gasteiger partial charge in [0.2, 0.25) is 0 Å². The monoisotopic (exact) mass is 353 g/mol. The second-order valence-corrected chi connectivity index (χ2v) is 5.64. The largest absolute Gasteiger partial charge is 0.399 e. The van der Waals surface area contributed by atoms with Gasteiger partial charge in [-0.15, -0.1) is 0 Å². The van der Waals surface area contributed by atoms with Crippen LogP contribution in [0.5, 0.6) is 0 Å². The maximum atomic E-state index is 11.5. The van der Waals surface area contributed by atoms with Gasteiger partial charge in [-0.1, -0.05) is 27.5 Å². The first-order valence-corrected chi connectivity index (χ1v) is 6.97. The molecule has 1 amide bonds. The molecule has 0 aromatic heterocycles. The van der Waals surface area contributed by atoms with Crippen molar-refractivity contribution in [1.82, 2.24) is 0 Å². The number of carbonyl (C=O) groups is 1. The van der Waals surface area contributed by atoms with Crippen LogP contribution in [0.3, 0.4) is 0 Å².